The average molecular weight is 364 g/mol. The molecule has 0 bridgehead atoms. The lowest BCUT2D eigenvalue weighted by Crippen LogP contribution is -2.50. The van der Waals surface area contributed by atoms with E-state index in [2.05, 4.69) is 35.2 Å². The molecule has 0 spiro atoms. The second-order valence-electron chi connectivity index (χ2n) is 7.77. The van der Waals surface area contributed by atoms with Crippen molar-refractivity contribution in [3.63, 3.8) is 0 Å². The first-order valence-corrected chi connectivity index (χ1v) is 10.0. The highest BCUT2D eigenvalue weighted by Crippen LogP contribution is 2.29. The van der Waals surface area contributed by atoms with Crippen molar-refractivity contribution >= 4 is 5.78 Å². The van der Waals surface area contributed by atoms with E-state index >= 15 is 0 Å². The molecule has 1 saturated heterocycles. The molecule has 0 aliphatic carbocycles. The van der Waals surface area contributed by atoms with Gasteiger partial charge < -0.3 is 10.5 Å². The van der Waals surface area contributed by atoms with Crippen molar-refractivity contribution in [3.05, 3.63) is 65.7 Å². The number of ether oxygens (including phenoxy) is 1. The number of ketones is 1. The molecule has 2 aliphatic rings. The summed E-state index contributed by atoms with van der Waals surface area (Å²) in [5.74, 6) is 1.13. The van der Waals surface area contributed by atoms with Crippen molar-refractivity contribution in [1.29, 1.82) is 0 Å². The molecule has 0 radical (unpaired) electrons. The van der Waals surface area contributed by atoms with E-state index in [9.17, 15) is 4.79 Å². The van der Waals surface area contributed by atoms with Gasteiger partial charge in [-0.2, -0.15) is 0 Å². The number of para-hydroxylation sites is 1. The van der Waals surface area contributed by atoms with E-state index in [1.54, 1.807) is 0 Å². The Morgan fingerprint density at radius 3 is 2.52 bits per heavy atom. The van der Waals surface area contributed by atoms with Crippen LogP contribution in [-0.4, -0.2) is 35.9 Å². The first-order valence-electron chi connectivity index (χ1n) is 10.0. The van der Waals surface area contributed by atoms with Gasteiger partial charge in [0.05, 0.1) is 0 Å². The van der Waals surface area contributed by atoms with Crippen molar-refractivity contribution in [3.8, 4) is 5.75 Å². The lowest BCUT2D eigenvalue weighted by atomic mass is 9.85. The molecular weight excluding hydrogens is 336 g/mol. The standard InChI is InChI=1S/C23H28N2O2/c24-22(21-11-10-18-8-4-5-9-20(18)27-21)23(26)19-12-14-25(15-13-19)16-17-6-2-1-3-7-17/h1-9,19,21-22H,10-16,24H2. The molecule has 142 valence electrons. The second kappa shape index (κ2) is 8.24. The van der Waals surface area contributed by atoms with E-state index in [1.807, 2.05) is 24.3 Å². The molecule has 2 atom stereocenters. The monoisotopic (exact) mass is 364 g/mol. The van der Waals surface area contributed by atoms with E-state index in [4.69, 9.17) is 10.5 Å². The van der Waals surface area contributed by atoms with Crippen LogP contribution in [0.5, 0.6) is 5.75 Å². The van der Waals surface area contributed by atoms with E-state index in [-0.39, 0.29) is 17.8 Å². The number of hydrogen-bond acceptors (Lipinski definition) is 4. The molecule has 2 aliphatic heterocycles. The number of carbonyl (C=O) groups is 1. The van der Waals surface area contributed by atoms with Crippen LogP contribution >= 0.6 is 0 Å². The van der Waals surface area contributed by atoms with Crippen molar-refractivity contribution < 1.29 is 9.53 Å². The first-order chi connectivity index (χ1) is 13.2. The van der Waals surface area contributed by atoms with Crippen LogP contribution in [0.4, 0.5) is 0 Å². The molecule has 0 amide bonds. The largest absolute Gasteiger partial charge is 0.488 e. The van der Waals surface area contributed by atoms with E-state index in [0.717, 1.165) is 51.1 Å². The molecule has 2 N–H and O–H groups in total. The van der Waals surface area contributed by atoms with E-state index < -0.39 is 6.04 Å². The normalized spacial score (nSPS) is 21.9. The summed E-state index contributed by atoms with van der Waals surface area (Å²) in [4.78, 5) is 15.4. The van der Waals surface area contributed by atoms with Gasteiger partial charge in [0.2, 0.25) is 0 Å². The fourth-order valence-electron chi connectivity index (χ4n) is 4.27. The lowest BCUT2D eigenvalue weighted by molar-refractivity contribution is -0.127. The van der Waals surface area contributed by atoms with Gasteiger partial charge in [0.15, 0.2) is 5.78 Å². The number of piperidine rings is 1. The molecule has 1 fully saturated rings. The maximum atomic E-state index is 13.0. The molecule has 2 heterocycles. The minimum Gasteiger partial charge on any atom is -0.488 e. The molecule has 27 heavy (non-hydrogen) atoms. The van der Waals surface area contributed by atoms with Crippen LogP contribution < -0.4 is 10.5 Å². The molecule has 4 nitrogen and oxygen atoms in total. The Bertz CT molecular complexity index is 769. The van der Waals surface area contributed by atoms with Gasteiger partial charge in [-0.3, -0.25) is 9.69 Å². The summed E-state index contributed by atoms with van der Waals surface area (Å²) in [5, 5.41) is 0. The van der Waals surface area contributed by atoms with Crippen LogP contribution in [0.1, 0.15) is 30.4 Å². The summed E-state index contributed by atoms with van der Waals surface area (Å²) in [7, 11) is 0. The Morgan fingerprint density at radius 2 is 1.74 bits per heavy atom. The number of nitrogens with two attached hydrogens (primary N) is 1. The Kier molecular flexibility index (Phi) is 5.55. The number of fused-ring (bicyclic) bond motifs is 1. The van der Waals surface area contributed by atoms with Gasteiger partial charge in [-0.05, 0) is 56.0 Å². The number of rotatable bonds is 5. The van der Waals surface area contributed by atoms with Crippen LogP contribution in [0, 0.1) is 5.92 Å². The minimum atomic E-state index is -0.524. The highest BCUT2D eigenvalue weighted by Gasteiger charge is 2.35. The van der Waals surface area contributed by atoms with Crippen molar-refractivity contribution in [2.75, 3.05) is 13.1 Å². The number of hydrogen-bond donors (Lipinski definition) is 1. The van der Waals surface area contributed by atoms with Gasteiger partial charge in [0.1, 0.15) is 17.9 Å². The predicted octanol–water partition coefficient (Wildman–Crippen LogP) is 3.19. The average Bonchev–Trinajstić information content (AvgIpc) is 2.73. The second-order valence-corrected chi connectivity index (χ2v) is 7.77. The zero-order valence-electron chi connectivity index (χ0n) is 15.7. The highest BCUT2D eigenvalue weighted by molar-refractivity contribution is 5.87. The van der Waals surface area contributed by atoms with Crippen LogP contribution in [0.25, 0.3) is 0 Å². The zero-order chi connectivity index (χ0) is 18.6. The number of nitrogens with zero attached hydrogens (tertiary/aromatic N) is 1. The smallest absolute Gasteiger partial charge is 0.156 e. The fourth-order valence-corrected chi connectivity index (χ4v) is 4.27. The van der Waals surface area contributed by atoms with E-state index in [0.29, 0.717) is 0 Å². The summed E-state index contributed by atoms with van der Waals surface area (Å²) in [5.41, 5.74) is 8.89. The zero-order valence-corrected chi connectivity index (χ0v) is 15.7. The Labute approximate surface area is 161 Å². The number of carbonyl (C=O) groups excluding carboxylic acids is 1. The van der Waals surface area contributed by atoms with Gasteiger partial charge in [-0.25, -0.2) is 0 Å². The van der Waals surface area contributed by atoms with Gasteiger partial charge in [0, 0.05) is 12.5 Å². The maximum absolute atomic E-state index is 13.0. The van der Waals surface area contributed by atoms with Crippen LogP contribution in [0.3, 0.4) is 0 Å². The third-order valence-corrected chi connectivity index (χ3v) is 5.92. The summed E-state index contributed by atoms with van der Waals surface area (Å²) in [6.45, 7) is 2.86. The summed E-state index contributed by atoms with van der Waals surface area (Å²) >= 11 is 0. The van der Waals surface area contributed by atoms with Gasteiger partial charge in [-0.1, -0.05) is 48.5 Å². The van der Waals surface area contributed by atoms with Crippen molar-refractivity contribution in [2.24, 2.45) is 11.7 Å². The Hall–Kier alpha value is -2.17. The van der Waals surface area contributed by atoms with Crippen molar-refractivity contribution in [1.82, 2.24) is 4.90 Å². The Balaban J connectivity index is 1.30. The molecule has 2 aromatic rings. The third-order valence-electron chi connectivity index (χ3n) is 5.92. The van der Waals surface area contributed by atoms with Crippen molar-refractivity contribution in [2.45, 2.75) is 44.4 Å². The minimum absolute atomic E-state index is 0.0628. The van der Waals surface area contributed by atoms with Crippen LogP contribution in [0.15, 0.2) is 54.6 Å². The van der Waals surface area contributed by atoms with Crippen LogP contribution in [0.2, 0.25) is 0 Å². The van der Waals surface area contributed by atoms with Gasteiger partial charge >= 0.3 is 0 Å². The molecule has 0 aromatic heterocycles. The molecule has 2 unspecified atom stereocenters. The molecule has 4 heteroatoms. The summed E-state index contributed by atoms with van der Waals surface area (Å²) < 4.78 is 6.05. The quantitative estimate of drug-likeness (QED) is 0.885. The maximum Gasteiger partial charge on any atom is 0.156 e. The number of Topliss-reactive ketones (excluding diaryl/α,β-unsaturated/α-hetero) is 1. The topological polar surface area (TPSA) is 55.6 Å². The summed E-state index contributed by atoms with van der Waals surface area (Å²) in [6, 6.07) is 18.0. The first kappa shape index (κ1) is 18.2. The predicted molar refractivity (Wildman–Crippen MR) is 107 cm³/mol. The van der Waals surface area contributed by atoms with E-state index in [1.165, 1.54) is 11.1 Å². The molecule has 2 aromatic carbocycles. The third kappa shape index (κ3) is 4.23. The summed E-state index contributed by atoms with van der Waals surface area (Å²) in [6.07, 6.45) is 3.33. The van der Waals surface area contributed by atoms with Crippen LogP contribution in [-0.2, 0) is 17.8 Å². The SMILES string of the molecule is NC(C(=O)C1CCN(Cc2ccccc2)CC1)C1CCc2ccccc2O1. The van der Waals surface area contributed by atoms with Gasteiger partial charge in [-0.15, -0.1) is 0 Å². The fraction of sp³-hybridized carbons (Fsp3) is 0.435. The molecular formula is C23H28N2O2. The number of benzene rings is 2. The molecule has 0 saturated carbocycles. The molecule has 4 rings (SSSR count). The Morgan fingerprint density at radius 1 is 1.04 bits per heavy atom. The number of aryl methyl sites for hydroxylation is 1. The lowest BCUT2D eigenvalue weighted by Gasteiger charge is -2.35. The highest BCUT2D eigenvalue weighted by atomic mass is 16.5. The van der Waals surface area contributed by atoms with Gasteiger partial charge in [0.25, 0.3) is 0 Å². The number of likely N-dealkylation sites (tertiary alicyclic amines) is 1.